The minimum absolute atomic E-state index is 0.0643. The Labute approximate surface area is 167 Å². The summed E-state index contributed by atoms with van der Waals surface area (Å²) in [6.45, 7) is 7.99. The number of unbranched alkanes of at least 4 members (excludes halogenated alkanes) is 1. The number of thiophene rings is 1. The molecule has 1 aromatic heterocycles. The van der Waals surface area contributed by atoms with Crippen molar-refractivity contribution in [3.63, 3.8) is 0 Å². The second kappa shape index (κ2) is 10.2. The molecule has 2 atom stereocenters. The molecule has 1 N–H and O–H groups in total. The van der Waals surface area contributed by atoms with Gasteiger partial charge in [-0.05, 0) is 69.0 Å². The van der Waals surface area contributed by atoms with E-state index in [4.69, 9.17) is 0 Å². The lowest BCUT2D eigenvalue weighted by Crippen LogP contribution is -2.45. The summed E-state index contributed by atoms with van der Waals surface area (Å²) in [7, 11) is 0. The first kappa shape index (κ1) is 20.3. The van der Waals surface area contributed by atoms with Crippen molar-refractivity contribution in [2.45, 2.75) is 45.4 Å². The number of carbonyl (C=O) groups excluding carboxylic acids is 2. The highest BCUT2D eigenvalue weighted by Crippen LogP contribution is 2.21. The quantitative estimate of drug-likeness (QED) is 0.726. The van der Waals surface area contributed by atoms with Gasteiger partial charge in [0.15, 0.2) is 0 Å². The van der Waals surface area contributed by atoms with Gasteiger partial charge in [0.2, 0.25) is 5.91 Å². The molecule has 2 saturated heterocycles. The lowest BCUT2D eigenvalue weighted by molar-refractivity contribution is -0.126. The summed E-state index contributed by atoms with van der Waals surface area (Å²) in [5.41, 5.74) is 0. The molecule has 2 aliphatic heterocycles. The lowest BCUT2D eigenvalue weighted by Gasteiger charge is -2.32. The third-order valence-electron chi connectivity index (χ3n) is 5.75. The average molecular weight is 392 g/mol. The van der Waals surface area contributed by atoms with Gasteiger partial charge in [0.1, 0.15) is 0 Å². The van der Waals surface area contributed by atoms with E-state index in [2.05, 4.69) is 17.1 Å². The van der Waals surface area contributed by atoms with Crippen molar-refractivity contribution >= 4 is 23.2 Å². The van der Waals surface area contributed by atoms with Crippen molar-refractivity contribution in [3.05, 3.63) is 22.4 Å². The predicted octanol–water partition coefficient (Wildman–Crippen LogP) is 3.23. The standard InChI is InChI=1S/C21H33N3O2S/c1-17-7-4-12-23(15-17)11-3-2-10-22-20(25)18-8-5-13-24(16-18)21(26)19-9-6-14-27-19/h6,9,14,17-18H,2-5,7-8,10-13,15-16H2,1H3,(H,22,25). The molecule has 150 valence electrons. The summed E-state index contributed by atoms with van der Waals surface area (Å²) < 4.78 is 0. The van der Waals surface area contributed by atoms with Crippen molar-refractivity contribution in [3.8, 4) is 0 Å². The minimum Gasteiger partial charge on any atom is -0.356 e. The fraction of sp³-hybridized carbons (Fsp3) is 0.714. The van der Waals surface area contributed by atoms with E-state index < -0.39 is 0 Å². The first-order valence-corrected chi connectivity index (χ1v) is 11.3. The van der Waals surface area contributed by atoms with Gasteiger partial charge in [-0.2, -0.15) is 0 Å². The van der Waals surface area contributed by atoms with E-state index in [1.807, 2.05) is 22.4 Å². The van der Waals surface area contributed by atoms with Gasteiger partial charge in [-0.3, -0.25) is 9.59 Å². The van der Waals surface area contributed by atoms with Crippen LogP contribution in [0.15, 0.2) is 17.5 Å². The average Bonchev–Trinajstić information content (AvgIpc) is 3.22. The van der Waals surface area contributed by atoms with Gasteiger partial charge in [-0.1, -0.05) is 13.0 Å². The molecule has 0 aromatic carbocycles. The van der Waals surface area contributed by atoms with Crippen LogP contribution in [0.1, 0.15) is 55.1 Å². The Morgan fingerprint density at radius 1 is 1.19 bits per heavy atom. The molecule has 3 heterocycles. The summed E-state index contributed by atoms with van der Waals surface area (Å²) >= 11 is 1.47. The van der Waals surface area contributed by atoms with E-state index in [9.17, 15) is 9.59 Å². The van der Waals surface area contributed by atoms with E-state index in [1.165, 1.54) is 37.3 Å². The maximum absolute atomic E-state index is 12.5. The summed E-state index contributed by atoms with van der Waals surface area (Å²) in [5, 5.41) is 5.02. The molecule has 27 heavy (non-hydrogen) atoms. The molecule has 0 bridgehead atoms. The van der Waals surface area contributed by atoms with Gasteiger partial charge in [-0.15, -0.1) is 11.3 Å². The third kappa shape index (κ3) is 6.04. The van der Waals surface area contributed by atoms with Crippen molar-refractivity contribution in [1.82, 2.24) is 15.1 Å². The zero-order valence-corrected chi connectivity index (χ0v) is 17.3. The molecule has 2 fully saturated rings. The van der Waals surface area contributed by atoms with E-state index in [-0.39, 0.29) is 17.7 Å². The van der Waals surface area contributed by atoms with Crippen molar-refractivity contribution in [2.24, 2.45) is 11.8 Å². The number of nitrogens with zero attached hydrogens (tertiary/aromatic N) is 2. The van der Waals surface area contributed by atoms with E-state index in [0.717, 1.165) is 56.1 Å². The zero-order valence-electron chi connectivity index (χ0n) is 16.5. The maximum Gasteiger partial charge on any atom is 0.263 e. The molecule has 0 spiro atoms. The lowest BCUT2D eigenvalue weighted by atomic mass is 9.97. The normalized spacial score (nSPS) is 24.0. The van der Waals surface area contributed by atoms with E-state index >= 15 is 0 Å². The van der Waals surface area contributed by atoms with Crippen LogP contribution >= 0.6 is 11.3 Å². The summed E-state index contributed by atoms with van der Waals surface area (Å²) in [5.74, 6) is 0.943. The van der Waals surface area contributed by atoms with Gasteiger partial charge >= 0.3 is 0 Å². The monoisotopic (exact) mass is 391 g/mol. The molecule has 2 amide bonds. The molecule has 0 aliphatic carbocycles. The van der Waals surface area contributed by atoms with Crippen molar-refractivity contribution in [2.75, 3.05) is 39.3 Å². The third-order valence-corrected chi connectivity index (χ3v) is 6.61. The Morgan fingerprint density at radius 3 is 2.81 bits per heavy atom. The number of rotatable bonds is 7. The van der Waals surface area contributed by atoms with Crippen LogP contribution in [0.5, 0.6) is 0 Å². The van der Waals surface area contributed by atoms with Crippen LogP contribution in [0.4, 0.5) is 0 Å². The molecule has 1 aromatic rings. The first-order valence-electron chi connectivity index (χ1n) is 10.5. The SMILES string of the molecule is CC1CCCN(CCCCNC(=O)C2CCCN(C(=O)c3cccs3)C2)C1. The number of hydrogen-bond donors (Lipinski definition) is 1. The molecule has 0 radical (unpaired) electrons. The van der Waals surface area contributed by atoms with Crippen molar-refractivity contribution in [1.29, 1.82) is 0 Å². The zero-order chi connectivity index (χ0) is 19.1. The smallest absolute Gasteiger partial charge is 0.263 e. The van der Waals surface area contributed by atoms with E-state index in [1.54, 1.807) is 0 Å². The molecule has 2 aliphatic rings. The van der Waals surface area contributed by atoms with E-state index in [0.29, 0.717) is 6.54 Å². The van der Waals surface area contributed by atoms with Crippen LogP contribution in [0.25, 0.3) is 0 Å². The van der Waals surface area contributed by atoms with Crippen molar-refractivity contribution < 1.29 is 9.59 Å². The summed E-state index contributed by atoms with van der Waals surface area (Å²) in [4.78, 5) is 30.2. The Balaban J connectivity index is 1.33. The van der Waals surface area contributed by atoms with Crippen LogP contribution in [-0.2, 0) is 4.79 Å². The molecule has 2 unspecified atom stereocenters. The van der Waals surface area contributed by atoms with Crippen LogP contribution < -0.4 is 5.32 Å². The highest BCUT2D eigenvalue weighted by Gasteiger charge is 2.29. The Kier molecular flexibility index (Phi) is 7.70. The molecule has 3 rings (SSSR count). The Hall–Kier alpha value is -1.40. The number of hydrogen-bond acceptors (Lipinski definition) is 4. The van der Waals surface area contributed by atoms with Crippen LogP contribution in [0.3, 0.4) is 0 Å². The molecule has 0 saturated carbocycles. The van der Waals surface area contributed by atoms with Gasteiger partial charge in [0.05, 0.1) is 10.8 Å². The minimum atomic E-state index is -0.0643. The number of carbonyl (C=O) groups is 2. The molecule has 6 heteroatoms. The molecular weight excluding hydrogens is 358 g/mol. The van der Waals surface area contributed by atoms with Crippen LogP contribution in [-0.4, -0.2) is 60.9 Å². The topological polar surface area (TPSA) is 52.7 Å². The fourth-order valence-corrected chi connectivity index (χ4v) is 4.93. The van der Waals surface area contributed by atoms with Gasteiger partial charge < -0.3 is 15.1 Å². The molecular formula is C21H33N3O2S. The Bertz CT molecular complexity index is 605. The van der Waals surface area contributed by atoms with Crippen LogP contribution in [0, 0.1) is 11.8 Å². The van der Waals surface area contributed by atoms with Gasteiger partial charge in [0.25, 0.3) is 5.91 Å². The highest BCUT2D eigenvalue weighted by molar-refractivity contribution is 7.12. The second-order valence-corrected chi connectivity index (χ2v) is 9.06. The predicted molar refractivity (Wildman–Crippen MR) is 110 cm³/mol. The summed E-state index contributed by atoms with van der Waals surface area (Å²) in [6.07, 6.45) is 6.64. The largest absolute Gasteiger partial charge is 0.356 e. The van der Waals surface area contributed by atoms with Crippen LogP contribution in [0.2, 0.25) is 0 Å². The van der Waals surface area contributed by atoms with Gasteiger partial charge in [-0.25, -0.2) is 0 Å². The first-order chi connectivity index (χ1) is 13.1. The number of piperidine rings is 2. The number of amides is 2. The highest BCUT2D eigenvalue weighted by atomic mass is 32.1. The number of nitrogens with one attached hydrogen (secondary N) is 1. The summed E-state index contributed by atoms with van der Waals surface area (Å²) in [6, 6.07) is 3.76. The second-order valence-electron chi connectivity index (χ2n) is 8.11. The molecule has 5 nitrogen and oxygen atoms in total. The number of likely N-dealkylation sites (tertiary alicyclic amines) is 2. The Morgan fingerprint density at radius 2 is 2.04 bits per heavy atom. The maximum atomic E-state index is 12.5. The van der Waals surface area contributed by atoms with Gasteiger partial charge in [0, 0.05) is 26.2 Å². The fourth-order valence-electron chi connectivity index (χ4n) is 4.24.